The Balaban J connectivity index is 1.77. The van der Waals surface area contributed by atoms with Crippen molar-refractivity contribution in [2.45, 2.75) is 57.0 Å². The van der Waals surface area contributed by atoms with Gasteiger partial charge in [0.15, 0.2) is 0 Å². The summed E-state index contributed by atoms with van der Waals surface area (Å²) >= 11 is 3.47. The van der Waals surface area contributed by atoms with Crippen molar-refractivity contribution >= 4 is 43.5 Å². The smallest absolute Gasteiger partial charge is 0.264 e. The summed E-state index contributed by atoms with van der Waals surface area (Å²) in [5.74, 6) is -0.758. The van der Waals surface area contributed by atoms with Gasteiger partial charge in [-0.1, -0.05) is 109 Å². The quantitative estimate of drug-likeness (QED) is 0.140. The fourth-order valence-corrected chi connectivity index (χ4v) is 6.69. The minimum Gasteiger partial charge on any atom is -0.354 e. The van der Waals surface area contributed by atoms with Gasteiger partial charge >= 0.3 is 0 Å². The van der Waals surface area contributed by atoms with Gasteiger partial charge in [-0.3, -0.25) is 13.9 Å². The number of amides is 2. The van der Waals surface area contributed by atoms with Crippen molar-refractivity contribution in [1.82, 2.24) is 10.2 Å². The average molecular weight is 691 g/mol. The summed E-state index contributed by atoms with van der Waals surface area (Å²) < 4.78 is 30.2. The molecule has 0 aliphatic rings. The molecular formula is C36H40BrN3O4S. The van der Waals surface area contributed by atoms with Crippen LogP contribution in [-0.4, -0.2) is 44.3 Å². The predicted octanol–water partition coefficient (Wildman–Crippen LogP) is 6.76. The van der Waals surface area contributed by atoms with E-state index in [0.29, 0.717) is 12.2 Å². The molecule has 0 bridgehead atoms. The normalized spacial score (nSPS) is 11.9. The second kappa shape index (κ2) is 16.4. The maximum absolute atomic E-state index is 14.5. The summed E-state index contributed by atoms with van der Waals surface area (Å²) in [4.78, 5) is 29.9. The van der Waals surface area contributed by atoms with Gasteiger partial charge in [0.25, 0.3) is 10.0 Å². The van der Waals surface area contributed by atoms with Crippen LogP contribution in [-0.2, 0) is 39.0 Å². The predicted molar refractivity (Wildman–Crippen MR) is 183 cm³/mol. The third kappa shape index (κ3) is 9.28. The fraction of sp³-hybridized carbons (Fsp3) is 0.278. The van der Waals surface area contributed by atoms with Gasteiger partial charge in [-0.2, -0.15) is 0 Å². The summed E-state index contributed by atoms with van der Waals surface area (Å²) in [5, 5.41) is 3.02. The van der Waals surface area contributed by atoms with Crippen LogP contribution in [0.15, 0.2) is 119 Å². The minimum absolute atomic E-state index is 0.0787. The van der Waals surface area contributed by atoms with Gasteiger partial charge in [-0.25, -0.2) is 8.42 Å². The summed E-state index contributed by atoms with van der Waals surface area (Å²) in [6.07, 6.45) is 2.78. The molecule has 9 heteroatoms. The lowest BCUT2D eigenvalue weighted by atomic mass is 10.0. The molecule has 4 rings (SSSR count). The van der Waals surface area contributed by atoms with Gasteiger partial charge in [0.2, 0.25) is 11.8 Å². The van der Waals surface area contributed by atoms with Crippen LogP contribution in [0.25, 0.3) is 0 Å². The lowest BCUT2D eigenvalue weighted by Gasteiger charge is -2.34. The first kappa shape index (κ1) is 33.9. The molecule has 1 atom stereocenters. The van der Waals surface area contributed by atoms with Gasteiger partial charge in [-0.05, 0) is 65.9 Å². The van der Waals surface area contributed by atoms with Crippen LogP contribution in [0.1, 0.15) is 43.4 Å². The Labute approximate surface area is 275 Å². The maximum atomic E-state index is 14.5. The number of anilines is 1. The number of nitrogens with one attached hydrogen (secondary N) is 1. The highest BCUT2D eigenvalue weighted by Crippen LogP contribution is 2.26. The molecule has 0 saturated heterocycles. The van der Waals surface area contributed by atoms with Crippen LogP contribution in [0.2, 0.25) is 0 Å². The number of nitrogens with zero attached hydrogens (tertiary/aromatic N) is 2. The molecular weight excluding hydrogens is 650 g/mol. The van der Waals surface area contributed by atoms with Gasteiger partial charge in [0.1, 0.15) is 12.6 Å². The molecule has 45 heavy (non-hydrogen) atoms. The van der Waals surface area contributed by atoms with Crippen LogP contribution >= 0.6 is 15.9 Å². The average Bonchev–Trinajstić information content (AvgIpc) is 3.07. The summed E-state index contributed by atoms with van der Waals surface area (Å²) in [7, 11) is -4.12. The Hall–Kier alpha value is -3.95. The zero-order chi connectivity index (χ0) is 32.2. The number of hydrogen-bond acceptors (Lipinski definition) is 4. The first-order valence-electron chi connectivity index (χ1n) is 15.2. The molecule has 2 amide bonds. The zero-order valence-corrected chi connectivity index (χ0v) is 28.1. The number of unbranched alkanes of at least 4 members (excludes halogenated alkanes) is 1. The molecule has 0 aliphatic heterocycles. The Morgan fingerprint density at radius 1 is 0.778 bits per heavy atom. The molecule has 0 aliphatic carbocycles. The lowest BCUT2D eigenvalue weighted by molar-refractivity contribution is -0.140. The number of hydrogen-bond donors (Lipinski definition) is 1. The molecule has 1 N–H and O–H groups in total. The fourth-order valence-electron chi connectivity index (χ4n) is 4.99. The van der Waals surface area contributed by atoms with E-state index in [0.717, 1.165) is 44.7 Å². The van der Waals surface area contributed by atoms with Crippen molar-refractivity contribution in [2.24, 2.45) is 0 Å². The van der Waals surface area contributed by atoms with E-state index in [4.69, 9.17) is 0 Å². The van der Waals surface area contributed by atoms with E-state index in [9.17, 15) is 18.0 Å². The summed E-state index contributed by atoms with van der Waals surface area (Å²) in [5.41, 5.74) is 3.13. The van der Waals surface area contributed by atoms with E-state index < -0.39 is 28.5 Å². The highest BCUT2D eigenvalue weighted by Gasteiger charge is 2.34. The van der Waals surface area contributed by atoms with E-state index >= 15 is 0 Å². The van der Waals surface area contributed by atoms with Gasteiger partial charge < -0.3 is 10.2 Å². The molecule has 4 aromatic rings. The monoisotopic (exact) mass is 689 g/mol. The standard InChI is InChI=1S/C36H40BrN3O4S/c1-3-5-24-38-36(42)34(25-29-12-8-6-9-13-29)39(26-30-16-20-31(37)21-17-30)35(41)27-40(32-22-18-28(4-2)19-23-32)45(43,44)33-14-10-7-11-15-33/h6-23,34H,3-5,24-27H2,1-2H3,(H,38,42)/t34-/m0/s1. The molecule has 0 radical (unpaired) electrons. The minimum atomic E-state index is -4.12. The third-order valence-electron chi connectivity index (χ3n) is 7.61. The van der Waals surface area contributed by atoms with Gasteiger partial charge in [0.05, 0.1) is 10.6 Å². The number of carbonyl (C=O) groups is 2. The number of sulfonamides is 1. The number of carbonyl (C=O) groups excluding carboxylic acids is 2. The molecule has 4 aromatic carbocycles. The molecule has 236 valence electrons. The summed E-state index contributed by atoms with van der Waals surface area (Å²) in [6.45, 7) is 4.20. The number of rotatable bonds is 15. The molecule has 7 nitrogen and oxygen atoms in total. The third-order valence-corrected chi connectivity index (χ3v) is 9.93. The van der Waals surface area contributed by atoms with Gasteiger partial charge in [-0.15, -0.1) is 0 Å². The number of benzene rings is 4. The first-order valence-corrected chi connectivity index (χ1v) is 17.5. The van der Waals surface area contributed by atoms with E-state index in [2.05, 4.69) is 21.2 Å². The van der Waals surface area contributed by atoms with Crippen LogP contribution in [0.3, 0.4) is 0 Å². The van der Waals surface area contributed by atoms with Crippen molar-refractivity contribution < 1.29 is 18.0 Å². The van der Waals surface area contributed by atoms with Crippen molar-refractivity contribution in [3.05, 3.63) is 130 Å². The van der Waals surface area contributed by atoms with E-state index in [1.165, 1.54) is 17.0 Å². The molecule has 0 heterocycles. The second-order valence-electron chi connectivity index (χ2n) is 10.8. The van der Waals surface area contributed by atoms with E-state index in [-0.39, 0.29) is 23.8 Å². The Morgan fingerprint density at radius 3 is 1.98 bits per heavy atom. The zero-order valence-electron chi connectivity index (χ0n) is 25.7. The Morgan fingerprint density at radius 2 is 1.38 bits per heavy atom. The second-order valence-corrected chi connectivity index (χ2v) is 13.6. The Kier molecular flexibility index (Phi) is 12.4. The largest absolute Gasteiger partial charge is 0.354 e. The van der Waals surface area contributed by atoms with E-state index in [1.807, 2.05) is 80.6 Å². The first-order chi connectivity index (χ1) is 21.7. The number of aryl methyl sites for hydroxylation is 1. The van der Waals surface area contributed by atoms with Crippen molar-refractivity contribution in [3.63, 3.8) is 0 Å². The van der Waals surface area contributed by atoms with Crippen molar-refractivity contribution in [1.29, 1.82) is 0 Å². The van der Waals surface area contributed by atoms with Crippen molar-refractivity contribution in [2.75, 3.05) is 17.4 Å². The van der Waals surface area contributed by atoms with E-state index in [1.54, 1.807) is 30.3 Å². The molecule has 0 saturated carbocycles. The molecule has 0 spiro atoms. The van der Waals surface area contributed by atoms with Crippen LogP contribution in [0.4, 0.5) is 5.69 Å². The Bertz CT molecular complexity index is 1630. The lowest BCUT2D eigenvalue weighted by Crippen LogP contribution is -2.53. The topological polar surface area (TPSA) is 86.8 Å². The molecule has 0 fully saturated rings. The van der Waals surface area contributed by atoms with Crippen LogP contribution < -0.4 is 9.62 Å². The highest BCUT2D eigenvalue weighted by molar-refractivity contribution is 9.10. The molecule has 0 unspecified atom stereocenters. The van der Waals surface area contributed by atoms with Crippen LogP contribution in [0, 0.1) is 0 Å². The maximum Gasteiger partial charge on any atom is 0.264 e. The van der Waals surface area contributed by atoms with Crippen LogP contribution in [0.5, 0.6) is 0 Å². The summed E-state index contributed by atoms with van der Waals surface area (Å²) in [6, 6.07) is 31.5. The van der Waals surface area contributed by atoms with Gasteiger partial charge in [0, 0.05) is 24.0 Å². The molecule has 0 aromatic heterocycles. The highest BCUT2D eigenvalue weighted by atomic mass is 79.9. The SMILES string of the molecule is CCCCNC(=O)[C@H](Cc1ccccc1)N(Cc1ccc(Br)cc1)C(=O)CN(c1ccc(CC)cc1)S(=O)(=O)c1ccccc1. The van der Waals surface area contributed by atoms with Crippen molar-refractivity contribution in [3.8, 4) is 0 Å². The number of halogens is 1.